The van der Waals surface area contributed by atoms with Crippen LogP contribution in [-0.4, -0.2) is 11.1 Å². The van der Waals surface area contributed by atoms with Gasteiger partial charge in [-0.05, 0) is 0 Å². The first-order chi connectivity index (χ1) is 3.18. The van der Waals surface area contributed by atoms with Crippen molar-refractivity contribution >= 4 is 6.04 Å². The summed E-state index contributed by atoms with van der Waals surface area (Å²) in [7, 11) is 0. The van der Waals surface area contributed by atoms with Crippen LogP contribution < -0.4 is 0 Å². The molecule has 0 heterocycles. The number of hydrogen-bond acceptors (Lipinski definition) is 2. The van der Waals surface area contributed by atoms with Crippen LogP contribution in [0.4, 0.5) is 8.78 Å². The third-order valence-corrected chi connectivity index (χ3v) is 0.301. The zero-order chi connectivity index (χ0) is 5.86. The SMILES string of the molecule is O=C(F)/C(F)=C\O. The molecule has 0 saturated heterocycles. The molecule has 0 radical (unpaired) electrons. The minimum atomic E-state index is -2.26. The van der Waals surface area contributed by atoms with E-state index in [4.69, 9.17) is 9.90 Å². The number of aliphatic hydroxyl groups excluding tert-OH is 1. The highest BCUT2D eigenvalue weighted by Gasteiger charge is 2.03. The smallest absolute Gasteiger partial charge is 0.363 e. The fraction of sp³-hybridized carbons (Fsp3) is 0. The fourth-order valence-corrected chi connectivity index (χ4v) is 0.0507. The monoisotopic (exact) mass is 108 g/mol. The summed E-state index contributed by atoms with van der Waals surface area (Å²) in [6.45, 7) is 0. The maximum absolute atomic E-state index is 11.1. The van der Waals surface area contributed by atoms with Crippen LogP contribution in [0.2, 0.25) is 0 Å². The Morgan fingerprint density at radius 2 is 2.00 bits per heavy atom. The van der Waals surface area contributed by atoms with Crippen molar-refractivity contribution in [2.45, 2.75) is 0 Å². The molecule has 0 aromatic rings. The molecule has 0 atom stereocenters. The fourth-order valence-electron chi connectivity index (χ4n) is 0.0507. The van der Waals surface area contributed by atoms with Crippen molar-refractivity contribution in [3.63, 3.8) is 0 Å². The number of hydrogen-bond donors (Lipinski definition) is 1. The van der Waals surface area contributed by atoms with Crippen molar-refractivity contribution < 1.29 is 18.7 Å². The summed E-state index contributed by atoms with van der Waals surface area (Å²) in [6.07, 6.45) is -0.234. The maximum Gasteiger partial charge on any atom is 0.363 e. The van der Waals surface area contributed by atoms with Crippen LogP contribution in [0.25, 0.3) is 0 Å². The molecule has 0 aliphatic heterocycles. The first-order valence-electron chi connectivity index (χ1n) is 1.38. The molecule has 0 aromatic carbocycles. The van der Waals surface area contributed by atoms with E-state index in [1.54, 1.807) is 0 Å². The molecule has 40 valence electrons. The lowest BCUT2D eigenvalue weighted by molar-refractivity contribution is -0.126. The summed E-state index contributed by atoms with van der Waals surface area (Å²) in [5.41, 5.74) is 0. The predicted octanol–water partition coefficient (Wildman–Crippen LogP) is 0.851. The van der Waals surface area contributed by atoms with Gasteiger partial charge in [0, 0.05) is 0 Å². The summed E-state index contributed by atoms with van der Waals surface area (Å²) in [6, 6.07) is -2.26. The quantitative estimate of drug-likeness (QED) is 0.307. The van der Waals surface area contributed by atoms with Crippen molar-refractivity contribution in [2.75, 3.05) is 0 Å². The molecule has 2 nitrogen and oxygen atoms in total. The van der Waals surface area contributed by atoms with Crippen LogP contribution in [0.5, 0.6) is 0 Å². The lowest BCUT2D eigenvalue weighted by Gasteiger charge is -1.75. The Hall–Kier alpha value is -0.930. The number of aliphatic hydroxyl groups is 1. The molecule has 0 spiro atoms. The minimum Gasteiger partial charge on any atom is -0.512 e. The highest BCUT2D eigenvalue weighted by atomic mass is 19.2. The van der Waals surface area contributed by atoms with Gasteiger partial charge in [-0.15, -0.1) is 0 Å². The van der Waals surface area contributed by atoms with Gasteiger partial charge in [0.2, 0.25) is 5.83 Å². The van der Waals surface area contributed by atoms with E-state index >= 15 is 0 Å². The van der Waals surface area contributed by atoms with Gasteiger partial charge >= 0.3 is 6.04 Å². The molecule has 0 aromatic heterocycles. The van der Waals surface area contributed by atoms with Gasteiger partial charge in [-0.3, -0.25) is 4.79 Å². The Labute approximate surface area is 38.1 Å². The second-order valence-corrected chi connectivity index (χ2v) is 0.751. The topological polar surface area (TPSA) is 37.3 Å². The first kappa shape index (κ1) is 6.07. The van der Waals surface area contributed by atoms with E-state index in [0.29, 0.717) is 0 Å². The van der Waals surface area contributed by atoms with Crippen molar-refractivity contribution in [3.8, 4) is 0 Å². The second-order valence-electron chi connectivity index (χ2n) is 0.751. The molecule has 0 unspecified atom stereocenters. The molecule has 0 amide bonds. The summed E-state index contributed by atoms with van der Waals surface area (Å²) in [5, 5.41) is 7.51. The van der Waals surface area contributed by atoms with Crippen LogP contribution >= 0.6 is 0 Å². The van der Waals surface area contributed by atoms with Crippen molar-refractivity contribution in [1.82, 2.24) is 0 Å². The van der Waals surface area contributed by atoms with Crippen molar-refractivity contribution in [2.24, 2.45) is 0 Å². The van der Waals surface area contributed by atoms with Crippen LogP contribution in [0.3, 0.4) is 0 Å². The van der Waals surface area contributed by atoms with Crippen LogP contribution in [0, 0.1) is 0 Å². The van der Waals surface area contributed by atoms with E-state index in [1.165, 1.54) is 0 Å². The average molecular weight is 108 g/mol. The summed E-state index contributed by atoms with van der Waals surface area (Å²) >= 11 is 0. The third kappa shape index (κ3) is 1.86. The molecule has 0 fully saturated rings. The molecule has 0 aliphatic rings. The van der Waals surface area contributed by atoms with E-state index in [2.05, 4.69) is 0 Å². The van der Waals surface area contributed by atoms with E-state index in [0.717, 1.165) is 0 Å². The molecular weight excluding hydrogens is 106 g/mol. The number of carbonyl (C=O) groups is 1. The zero-order valence-electron chi connectivity index (χ0n) is 3.19. The molecule has 0 bridgehead atoms. The van der Waals surface area contributed by atoms with Gasteiger partial charge in [0.25, 0.3) is 0 Å². The Morgan fingerprint density at radius 3 is 2.00 bits per heavy atom. The number of rotatable bonds is 1. The second kappa shape index (κ2) is 2.28. The van der Waals surface area contributed by atoms with Crippen LogP contribution in [0.15, 0.2) is 12.1 Å². The summed E-state index contributed by atoms with van der Waals surface area (Å²) < 4.78 is 22.0. The Balaban J connectivity index is 3.82. The summed E-state index contributed by atoms with van der Waals surface area (Å²) in [5.74, 6) is -1.78. The van der Waals surface area contributed by atoms with E-state index in [9.17, 15) is 8.78 Å². The van der Waals surface area contributed by atoms with Crippen LogP contribution in [0.1, 0.15) is 0 Å². The maximum atomic E-state index is 11.1. The van der Waals surface area contributed by atoms with Crippen LogP contribution in [-0.2, 0) is 4.79 Å². The molecule has 0 saturated carbocycles. The Bertz CT molecular complexity index is 108. The number of allylic oxidation sites excluding steroid dienone is 1. The van der Waals surface area contributed by atoms with Crippen molar-refractivity contribution in [1.29, 1.82) is 0 Å². The zero-order valence-corrected chi connectivity index (χ0v) is 3.19. The normalized spacial score (nSPS) is 11.4. The van der Waals surface area contributed by atoms with Gasteiger partial charge in [0.1, 0.15) is 6.26 Å². The van der Waals surface area contributed by atoms with E-state index in [-0.39, 0.29) is 6.26 Å². The van der Waals surface area contributed by atoms with Gasteiger partial charge in [-0.25, -0.2) is 0 Å². The molecule has 4 heteroatoms. The average Bonchev–Trinajstić information content (AvgIpc) is 1.65. The minimum absolute atomic E-state index is 0.234. The van der Waals surface area contributed by atoms with Gasteiger partial charge < -0.3 is 5.11 Å². The Morgan fingerprint density at radius 1 is 1.57 bits per heavy atom. The highest BCUT2D eigenvalue weighted by molar-refractivity contribution is 5.84. The number of carbonyl (C=O) groups excluding carboxylic acids is 1. The lowest BCUT2D eigenvalue weighted by atomic mass is 10.6. The molecular formula is C3H2F2O2. The molecule has 7 heavy (non-hydrogen) atoms. The number of halogens is 2. The standard InChI is InChI=1S/C3H2F2O2/c4-2(1-6)3(5)7/h1,6H/b2-1+. The Kier molecular flexibility index (Phi) is 1.98. The van der Waals surface area contributed by atoms with Gasteiger partial charge in [0.15, 0.2) is 0 Å². The third-order valence-electron chi connectivity index (χ3n) is 0.301. The van der Waals surface area contributed by atoms with Gasteiger partial charge in [0.05, 0.1) is 0 Å². The van der Waals surface area contributed by atoms with Gasteiger partial charge in [-0.1, -0.05) is 0 Å². The molecule has 1 N–H and O–H groups in total. The lowest BCUT2D eigenvalue weighted by Crippen LogP contribution is -1.85. The first-order valence-corrected chi connectivity index (χ1v) is 1.38. The van der Waals surface area contributed by atoms with E-state index in [1.807, 2.05) is 0 Å². The summed E-state index contributed by atoms with van der Waals surface area (Å²) in [4.78, 5) is 9.10. The van der Waals surface area contributed by atoms with E-state index < -0.39 is 11.9 Å². The molecule has 0 rings (SSSR count). The van der Waals surface area contributed by atoms with Crippen molar-refractivity contribution in [3.05, 3.63) is 12.1 Å². The molecule has 0 aliphatic carbocycles. The van der Waals surface area contributed by atoms with Gasteiger partial charge in [-0.2, -0.15) is 8.78 Å². The highest BCUT2D eigenvalue weighted by Crippen LogP contribution is 1.94. The predicted molar refractivity (Wildman–Crippen MR) is 17.9 cm³/mol. The largest absolute Gasteiger partial charge is 0.512 e.